The molecule has 1 aliphatic heterocycles. The first-order valence-corrected chi connectivity index (χ1v) is 4.19. The van der Waals surface area contributed by atoms with Crippen LogP contribution in [-0.2, 0) is 9.59 Å². The van der Waals surface area contributed by atoms with Crippen molar-refractivity contribution < 1.29 is 27.9 Å². The van der Waals surface area contributed by atoms with Gasteiger partial charge in [-0.1, -0.05) is 0 Å². The zero-order valence-electron chi connectivity index (χ0n) is 8.08. The topological polar surface area (TPSA) is 91.1 Å². The molecule has 6 nitrogen and oxygen atoms in total. The Morgan fingerprint density at radius 1 is 1.44 bits per heavy atom. The zero-order chi connectivity index (χ0) is 12.6. The molecular weight excluding hydrogens is 231 g/mol. The van der Waals surface area contributed by atoms with Crippen molar-refractivity contribution in [3.05, 3.63) is 0 Å². The quantitative estimate of drug-likeness (QED) is 0.756. The van der Waals surface area contributed by atoms with Crippen molar-refractivity contribution in [3.63, 3.8) is 0 Å². The van der Waals surface area contributed by atoms with Crippen LogP contribution < -0.4 is 5.32 Å². The molecule has 90 valence electrons. The zero-order valence-corrected chi connectivity index (χ0v) is 8.08. The van der Waals surface area contributed by atoms with Crippen molar-refractivity contribution in [3.8, 4) is 0 Å². The summed E-state index contributed by atoms with van der Waals surface area (Å²) in [6, 6.07) is -1.66. The van der Waals surface area contributed by atoms with Crippen molar-refractivity contribution in [2.24, 2.45) is 10.2 Å². The van der Waals surface area contributed by atoms with Crippen molar-refractivity contribution in [1.82, 2.24) is 5.32 Å². The van der Waals surface area contributed by atoms with Gasteiger partial charge in [0.25, 0.3) is 0 Å². The summed E-state index contributed by atoms with van der Waals surface area (Å²) < 4.78 is 35.6. The van der Waals surface area contributed by atoms with E-state index in [0.717, 1.165) is 0 Å². The van der Waals surface area contributed by atoms with Crippen LogP contribution in [-0.4, -0.2) is 34.9 Å². The molecule has 0 saturated heterocycles. The predicted molar refractivity (Wildman–Crippen MR) is 43.5 cm³/mol. The van der Waals surface area contributed by atoms with Crippen LogP contribution in [0.4, 0.5) is 13.2 Å². The Labute approximate surface area is 87.5 Å². The highest BCUT2D eigenvalue weighted by Gasteiger charge is 2.44. The fourth-order valence-corrected chi connectivity index (χ4v) is 0.994. The summed E-state index contributed by atoms with van der Waals surface area (Å²) in [4.78, 5) is 21.1. The van der Waals surface area contributed by atoms with Gasteiger partial charge in [0.1, 0.15) is 6.04 Å². The molecule has 2 N–H and O–H groups in total. The van der Waals surface area contributed by atoms with E-state index in [2.05, 4.69) is 10.2 Å². The number of carbonyl (C=O) groups is 2. The molecule has 1 aliphatic rings. The first-order chi connectivity index (χ1) is 7.14. The Hall–Kier alpha value is -1.67. The maximum Gasteiger partial charge on any atom is 0.471 e. The number of alkyl halides is 3. The number of carboxylic acid groups (broad SMARTS) is 1. The number of hydrogen-bond donors (Lipinski definition) is 2. The van der Waals surface area contributed by atoms with E-state index in [-0.39, 0.29) is 6.42 Å². The number of amides is 1. The Bertz CT molecular complexity index is 347. The summed E-state index contributed by atoms with van der Waals surface area (Å²) in [6.45, 7) is 1.45. The van der Waals surface area contributed by atoms with E-state index >= 15 is 0 Å². The number of nitrogens with one attached hydrogen (secondary N) is 1. The largest absolute Gasteiger partial charge is 0.480 e. The summed E-state index contributed by atoms with van der Waals surface area (Å²) in [5.74, 6) is -3.85. The van der Waals surface area contributed by atoms with Crippen molar-refractivity contribution in [2.45, 2.75) is 31.2 Å². The lowest BCUT2D eigenvalue weighted by Gasteiger charge is -2.16. The Kier molecular flexibility index (Phi) is 2.89. The van der Waals surface area contributed by atoms with E-state index in [1.54, 1.807) is 0 Å². The van der Waals surface area contributed by atoms with E-state index in [1.165, 1.54) is 12.2 Å². The Morgan fingerprint density at radius 2 is 1.94 bits per heavy atom. The summed E-state index contributed by atoms with van der Waals surface area (Å²) in [5.41, 5.74) is -0.998. The average Bonchev–Trinajstić information content (AvgIpc) is 2.80. The van der Waals surface area contributed by atoms with Gasteiger partial charge in [-0.25, -0.2) is 4.79 Å². The van der Waals surface area contributed by atoms with Crippen LogP contribution in [0.3, 0.4) is 0 Å². The highest BCUT2D eigenvalue weighted by molar-refractivity contribution is 5.86. The summed E-state index contributed by atoms with van der Waals surface area (Å²) in [7, 11) is 0. The molecule has 0 aromatic carbocycles. The Balaban J connectivity index is 2.58. The van der Waals surface area contributed by atoms with Gasteiger partial charge in [0, 0.05) is 6.42 Å². The summed E-state index contributed by atoms with van der Waals surface area (Å²) in [6.07, 6.45) is -5.41. The van der Waals surface area contributed by atoms with Gasteiger partial charge in [0.2, 0.25) is 0 Å². The number of nitrogens with zero attached hydrogens (tertiary/aromatic N) is 2. The maximum atomic E-state index is 11.9. The molecule has 16 heavy (non-hydrogen) atoms. The molecule has 0 fully saturated rings. The van der Waals surface area contributed by atoms with E-state index in [9.17, 15) is 22.8 Å². The third kappa shape index (κ3) is 3.17. The first-order valence-electron chi connectivity index (χ1n) is 4.19. The molecule has 1 rings (SSSR count). The standard InChI is InChI=1S/C7H8F3N3O3/c1-6(12-13-6)2-3(4(14)15)11-5(16)7(8,9)10/h3H,2H2,1H3,(H,11,16)(H,14,15). The fraction of sp³-hybridized carbons (Fsp3) is 0.714. The predicted octanol–water partition coefficient (Wildman–Crippen LogP) is 0.690. The molecule has 0 aliphatic carbocycles. The average molecular weight is 239 g/mol. The molecule has 1 amide bonds. The molecule has 9 heteroatoms. The van der Waals surface area contributed by atoms with Crippen LogP contribution in [0.5, 0.6) is 0 Å². The molecule has 1 heterocycles. The minimum atomic E-state index is -5.10. The minimum absolute atomic E-state index is 0.301. The highest BCUT2D eigenvalue weighted by atomic mass is 19.4. The van der Waals surface area contributed by atoms with E-state index in [4.69, 9.17) is 5.11 Å². The first kappa shape index (κ1) is 12.4. The number of carbonyl (C=O) groups excluding carboxylic acids is 1. The van der Waals surface area contributed by atoms with Crippen LogP contribution >= 0.6 is 0 Å². The molecular formula is C7H8F3N3O3. The van der Waals surface area contributed by atoms with Gasteiger partial charge in [-0.15, -0.1) is 0 Å². The molecule has 1 atom stereocenters. The van der Waals surface area contributed by atoms with Crippen LogP contribution in [0.1, 0.15) is 13.3 Å². The fourth-order valence-electron chi connectivity index (χ4n) is 0.994. The normalized spacial score (nSPS) is 19.0. The SMILES string of the molecule is CC1(CC(NC(=O)C(F)(F)F)C(=O)O)N=N1. The van der Waals surface area contributed by atoms with Gasteiger partial charge in [-0.2, -0.15) is 23.4 Å². The lowest BCUT2D eigenvalue weighted by Crippen LogP contribution is -2.48. The van der Waals surface area contributed by atoms with Gasteiger partial charge in [0.05, 0.1) is 0 Å². The van der Waals surface area contributed by atoms with Crippen LogP contribution in [0, 0.1) is 0 Å². The van der Waals surface area contributed by atoms with Gasteiger partial charge < -0.3 is 10.4 Å². The molecule has 1 unspecified atom stereocenters. The maximum absolute atomic E-state index is 11.9. The van der Waals surface area contributed by atoms with Crippen molar-refractivity contribution in [1.29, 1.82) is 0 Å². The highest BCUT2D eigenvalue weighted by Crippen LogP contribution is 2.32. The van der Waals surface area contributed by atoms with Gasteiger partial charge in [-0.05, 0) is 6.92 Å². The molecule has 0 aromatic heterocycles. The van der Waals surface area contributed by atoms with Crippen LogP contribution in [0.15, 0.2) is 10.2 Å². The second-order valence-electron chi connectivity index (χ2n) is 3.48. The third-order valence-corrected chi connectivity index (χ3v) is 1.89. The smallest absolute Gasteiger partial charge is 0.471 e. The Morgan fingerprint density at radius 3 is 2.25 bits per heavy atom. The third-order valence-electron chi connectivity index (χ3n) is 1.89. The van der Waals surface area contributed by atoms with Crippen molar-refractivity contribution >= 4 is 11.9 Å². The lowest BCUT2D eigenvalue weighted by molar-refractivity contribution is -0.175. The second kappa shape index (κ2) is 3.72. The molecule has 0 spiro atoms. The number of halogens is 3. The molecule has 0 radical (unpaired) electrons. The molecule has 0 bridgehead atoms. The molecule has 0 saturated carbocycles. The minimum Gasteiger partial charge on any atom is -0.480 e. The number of rotatable bonds is 4. The van der Waals surface area contributed by atoms with Gasteiger partial charge >= 0.3 is 18.1 Å². The summed E-state index contributed by atoms with van der Waals surface area (Å²) in [5, 5.41) is 16.9. The number of aliphatic carboxylic acids is 1. The summed E-state index contributed by atoms with van der Waals surface area (Å²) >= 11 is 0. The van der Waals surface area contributed by atoms with Gasteiger partial charge in [-0.3, -0.25) is 4.79 Å². The van der Waals surface area contributed by atoms with Crippen LogP contribution in [0.25, 0.3) is 0 Å². The number of hydrogen-bond acceptors (Lipinski definition) is 4. The van der Waals surface area contributed by atoms with E-state index in [1.807, 2.05) is 0 Å². The monoisotopic (exact) mass is 239 g/mol. The number of carboxylic acids is 1. The van der Waals surface area contributed by atoms with Gasteiger partial charge in [0.15, 0.2) is 5.66 Å². The van der Waals surface area contributed by atoms with Crippen LogP contribution in [0.2, 0.25) is 0 Å². The molecule has 0 aromatic rings. The van der Waals surface area contributed by atoms with Crippen molar-refractivity contribution in [2.75, 3.05) is 0 Å². The van der Waals surface area contributed by atoms with E-state index < -0.39 is 29.8 Å². The second-order valence-corrected chi connectivity index (χ2v) is 3.48. The van der Waals surface area contributed by atoms with E-state index in [0.29, 0.717) is 0 Å². The lowest BCUT2D eigenvalue weighted by atomic mass is 10.1.